The summed E-state index contributed by atoms with van der Waals surface area (Å²) in [5.74, 6) is 0. The van der Waals surface area contributed by atoms with Gasteiger partial charge in [-0.25, -0.2) is 0 Å². The fourth-order valence-corrected chi connectivity index (χ4v) is 1.78. The summed E-state index contributed by atoms with van der Waals surface area (Å²) < 4.78 is 0. The van der Waals surface area contributed by atoms with Crippen molar-refractivity contribution < 1.29 is 0 Å². The molecule has 0 aromatic heterocycles. The molecular weight excluding hydrogens is 206 g/mol. The zero-order valence-electron chi connectivity index (χ0n) is 11.2. The molecule has 0 N–H and O–H groups in total. The molecule has 0 saturated carbocycles. The van der Waals surface area contributed by atoms with E-state index in [4.69, 9.17) is 0 Å². The third-order valence-electron chi connectivity index (χ3n) is 2.63. The molecule has 90 valence electrons. The number of aryl methyl sites for hydroxylation is 1. The highest BCUT2D eigenvalue weighted by Gasteiger charge is 2.07. The van der Waals surface area contributed by atoms with Gasteiger partial charge in [0.15, 0.2) is 0 Å². The Kier molecular flexibility index (Phi) is 4.33. The van der Waals surface area contributed by atoms with Crippen LogP contribution in [0.2, 0.25) is 0 Å². The number of benzene rings is 1. The minimum absolute atomic E-state index is 1.06. The second kappa shape index (κ2) is 5.53. The Morgan fingerprint density at radius 1 is 1.29 bits per heavy atom. The molecule has 1 rings (SSSR count). The summed E-state index contributed by atoms with van der Waals surface area (Å²) in [5, 5.41) is 0. The summed E-state index contributed by atoms with van der Waals surface area (Å²) >= 11 is 0. The first-order valence-corrected chi connectivity index (χ1v) is 5.73. The van der Waals surface area contributed by atoms with Crippen LogP contribution in [0.3, 0.4) is 0 Å². The lowest BCUT2D eigenvalue weighted by Gasteiger charge is -2.20. The lowest BCUT2D eigenvalue weighted by atomic mass is 10.0. The van der Waals surface area contributed by atoms with E-state index in [1.807, 2.05) is 13.0 Å². The van der Waals surface area contributed by atoms with Gasteiger partial charge in [0.2, 0.25) is 0 Å². The van der Waals surface area contributed by atoms with Crippen LogP contribution in [-0.2, 0) is 0 Å². The molecule has 1 aromatic carbocycles. The minimum Gasteiger partial charge on any atom is -0.377 e. The molecule has 1 nitrogen and oxygen atoms in total. The van der Waals surface area contributed by atoms with Crippen molar-refractivity contribution in [3.05, 3.63) is 59.7 Å². The zero-order valence-corrected chi connectivity index (χ0v) is 11.2. The SMILES string of the molecule is C=Cc1ccc(/C(=C\C(=C)C)N(C)C)c(C)c1. The van der Waals surface area contributed by atoms with Crippen molar-refractivity contribution in [1.82, 2.24) is 4.90 Å². The molecular formula is C16H21N. The second-order valence-electron chi connectivity index (χ2n) is 4.55. The van der Waals surface area contributed by atoms with Crippen LogP contribution in [-0.4, -0.2) is 19.0 Å². The van der Waals surface area contributed by atoms with Gasteiger partial charge in [-0.3, -0.25) is 0 Å². The Morgan fingerprint density at radius 3 is 2.35 bits per heavy atom. The van der Waals surface area contributed by atoms with Crippen molar-refractivity contribution in [2.75, 3.05) is 14.1 Å². The highest BCUT2D eigenvalue weighted by molar-refractivity contribution is 5.70. The van der Waals surface area contributed by atoms with E-state index in [1.165, 1.54) is 16.8 Å². The van der Waals surface area contributed by atoms with E-state index in [1.54, 1.807) is 0 Å². The molecule has 0 aliphatic heterocycles. The smallest absolute Gasteiger partial charge is 0.0439 e. The Hall–Kier alpha value is -1.76. The number of hydrogen-bond donors (Lipinski definition) is 0. The topological polar surface area (TPSA) is 3.24 Å². The van der Waals surface area contributed by atoms with Crippen molar-refractivity contribution in [2.45, 2.75) is 13.8 Å². The van der Waals surface area contributed by atoms with Gasteiger partial charge in [0.1, 0.15) is 0 Å². The van der Waals surface area contributed by atoms with Crippen molar-refractivity contribution in [3.63, 3.8) is 0 Å². The molecule has 0 radical (unpaired) electrons. The fourth-order valence-electron chi connectivity index (χ4n) is 1.78. The van der Waals surface area contributed by atoms with Crippen LogP contribution in [0.5, 0.6) is 0 Å². The Balaban J connectivity index is 3.29. The van der Waals surface area contributed by atoms with E-state index in [9.17, 15) is 0 Å². The summed E-state index contributed by atoms with van der Waals surface area (Å²) in [4.78, 5) is 2.12. The van der Waals surface area contributed by atoms with Gasteiger partial charge in [-0.05, 0) is 31.1 Å². The van der Waals surface area contributed by atoms with Crippen LogP contribution in [0.15, 0.2) is 43.0 Å². The Morgan fingerprint density at radius 2 is 1.94 bits per heavy atom. The zero-order chi connectivity index (χ0) is 13.0. The molecule has 0 saturated heterocycles. The van der Waals surface area contributed by atoms with Gasteiger partial charge < -0.3 is 4.90 Å². The molecule has 17 heavy (non-hydrogen) atoms. The van der Waals surface area contributed by atoms with E-state index >= 15 is 0 Å². The van der Waals surface area contributed by atoms with Gasteiger partial charge >= 0.3 is 0 Å². The van der Waals surface area contributed by atoms with Gasteiger partial charge in [0.05, 0.1) is 0 Å². The molecule has 0 spiro atoms. The lowest BCUT2D eigenvalue weighted by Crippen LogP contribution is -2.11. The number of nitrogens with zero attached hydrogens (tertiary/aromatic N) is 1. The van der Waals surface area contributed by atoms with Crippen LogP contribution >= 0.6 is 0 Å². The Labute approximate surface area is 105 Å². The van der Waals surface area contributed by atoms with Crippen molar-refractivity contribution in [3.8, 4) is 0 Å². The number of rotatable bonds is 4. The molecule has 1 aromatic rings. The van der Waals surface area contributed by atoms with Gasteiger partial charge in [0, 0.05) is 25.4 Å². The van der Waals surface area contributed by atoms with Gasteiger partial charge in [0.25, 0.3) is 0 Å². The highest BCUT2D eigenvalue weighted by Crippen LogP contribution is 2.23. The van der Waals surface area contributed by atoms with E-state index in [0.717, 1.165) is 11.1 Å². The molecule has 0 amide bonds. The van der Waals surface area contributed by atoms with Crippen LogP contribution in [0, 0.1) is 6.92 Å². The first-order valence-electron chi connectivity index (χ1n) is 5.73. The molecule has 0 bridgehead atoms. The van der Waals surface area contributed by atoms with E-state index < -0.39 is 0 Å². The van der Waals surface area contributed by atoms with Crippen LogP contribution in [0.4, 0.5) is 0 Å². The van der Waals surface area contributed by atoms with Crippen molar-refractivity contribution in [2.24, 2.45) is 0 Å². The van der Waals surface area contributed by atoms with E-state index in [2.05, 4.69) is 63.4 Å². The average Bonchev–Trinajstić information content (AvgIpc) is 2.25. The highest BCUT2D eigenvalue weighted by atomic mass is 15.1. The maximum absolute atomic E-state index is 3.95. The molecule has 0 atom stereocenters. The summed E-state index contributed by atoms with van der Waals surface area (Å²) in [6.45, 7) is 11.9. The van der Waals surface area contributed by atoms with Crippen molar-refractivity contribution >= 4 is 11.8 Å². The van der Waals surface area contributed by atoms with Crippen LogP contribution in [0.25, 0.3) is 11.8 Å². The summed E-state index contributed by atoms with van der Waals surface area (Å²) in [6.07, 6.45) is 3.98. The van der Waals surface area contributed by atoms with Crippen LogP contribution < -0.4 is 0 Å². The van der Waals surface area contributed by atoms with Gasteiger partial charge in [-0.2, -0.15) is 0 Å². The Bertz CT molecular complexity index is 464. The number of allylic oxidation sites excluding steroid dienone is 2. The van der Waals surface area contributed by atoms with E-state index in [-0.39, 0.29) is 0 Å². The quantitative estimate of drug-likeness (QED) is 0.699. The van der Waals surface area contributed by atoms with Gasteiger partial charge in [-0.1, -0.05) is 43.0 Å². The molecule has 0 aliphatic rings. The summed E-state index contributed by atoms with van der Waals surface area (Å²) in [6, 6.07) is 6.38. The molecule has 0 aliphatic carbocycles. The summed E-state index contributed by atoms with van der Waals surface area (Å²) in [5.41, 5.74) is 5.89. The molecule has 0 fully saturated rings. The lowest BCUT2D eigenvalue weighted by molar-refractivity contribution is 0.591. The third-order valence-corrected chi connectivity index (χ3v) is 2.63. The maximum Gasteiger partial charge on any atom is 0.0439 e. The minimum atomic E-state index is 1.06. The van der Waals surface area contributed by atoms with Crippen LogP contribution in [0.1, 0.15) is 23.6 Å². The normalized spacial score (nSPS) is 11.2. The molecule has 0 unspecified atom stereocenters. The standard InChI is InChI=1S/C16H21N/c1-7-14-8-9-15(13(4)11-14)16(17(5)6)10-12(2)3/h7-11H,1-2H2,3-6H3/b16-10+. The predicted molar refractivity (Wildman–Crippen MR) is 77.7 cm³/mol. The third kappa shape index (κ3) is 3.35. The van der Waals surface area contributed by atoms with Gasteiger partial charge in [-0.15, -0.1) is 0 Å². The largest absolute Gasteiger partial charge is 0.377 e. The predicted octanol–water partition coefficient (Wildman–Crippen LogP) is 4.12. The monoisotopic (exact) mass is 227 g/mol. The maximum atomic E-state index is 3.95. The molecule has 0 heterocycles. The molecule has 1 heteroatoms. The average molecular weight is 227 g/mol. The fraction of sp³-hybridized carbons (Fsp3) is 0.250. The van der Waals surface area contributed by atoms with Crippen molar-refractivity contribution in [1.29, 1.82) is 0 Å². The first-order chi connectivity index (χ1) is 7.95. The number of hydrogen-bond acceptors (Lipinski definition) is 1. The first kappa shape index (κ1) is 13.3. The second-order valence-corrected chi connectivity index (χ2v) is 4.55. The van der Waals surface area contributed by atoms with E-state index in [0.29, 0.717) is 0 Å². The summed E-state index contributed by atoms with van der Waals surface area (Å²) in [7, 11) is 4.10.